The summed E-state index contributed by atoms with van der Waals surface area (Å²) in [6.07, 6.45) is 2.80. The third-order valence-corrected chi connectivity index (χ3v) is 5.53. The normalized spacial score (nSPS) is 16.5. The minimum absolute atomic E-state index is 0.000645. The summed E-state index contributed by atoms with van der Waals surface area (Å²) >= 11 is 0. The monoisotopic (exact) mass is 407 g/mol. The molecular formula is C22H25N5O3. The van der Waals surface area contributed by atoms with Gasteiger partial charge >= 0.3 is 0 Å². The molecule has 0 bridgehead atoms. The molecule has 3 aromatic rings. The van der Waals surface area contributed by atoms with Crippen LogP contribution in [0.4, 0.5) is 0 Å². The summed E-state index contributed by atoms with van der Waals surface area (Å²) in [6, 6.07) is 6.53. The van der Waals surface area contributed by atoms with E-state index in [1.165, 1.54) is 6.07 Å². The van der Waals surface area contributed by atoms with E-state index in [-0.39, 0.29) is 22.7 Å². The third kappa shape index (κ3) is 3.53. The zero-order valence-electron chi connectivity index (χ0n) is 17.5. The average molecular weight is 407 g/mol. The molecule has 156 valence electrons. The molecule has 3 heterocycles. The molecule has 0 saturated heterocycles. The number of ketones is 1. The molecule has 0 aliphatic heterocycles. The summed E-state index contributed by atoms with van der Waals surface area (Å²) in [5, 5.41) is 11.3. The SMILES string of the molecule is CC(C)C(NC(=O)c1cc2c([nH]c1=O)CC(C)(C)CC2=O)c1nnc2ccccn12. The summed E-state index contributed by atoms with van der Waals surface area (Å²) in [7, 11) is 0. The number of carbonyl (C=O) groups excluding carboxylic acids is 2. The highest BCUT2D eigenvalue weighted by Gasteiger charge is 2.33. The first-order valence-corrected chi connectivity index (χ1v) is 10.1. The molecule has 1 amide bonds. The topological polar surface area (TPSA) is 109 Å². The van der Waals surface area contributed by atoms with Crippen LogP contribution in [0.2, 0.25) is 0 Å². The van der Waals surface area contributed by atoms with Crippen molar-refractivity contribution in [2.45, 2.75) is 46.6 Å². The largest absolute Gasteiger partial charge is 0.342 e. The molecule has 30 heavy (non-hydrogen) atoms. The molecule has 0 saturated carbocycles. The second-order valence-electron chi connectivity index (χ2n) is 9.03. The Labute approximate surface area is 173 Å². The lowest BCUT2D eigenvalue weighted by atomic mass is 9.75. The average Bonchev–Trinajstić information content (AvgIpc) is 3.08. The van der Waals surface area contributed by atoms with Gasteiger partial charge in [-0.3, -0.25) is 18.8 Å². The van der Waals surface area contributed by atoms with Gasteiger partial charge in [0.05, 0.1) is 6.04 Å². The van der Waals surface area contributed by atoms with E-state index in [0.717, 1.165) is 0 Å². The lowest BCUT2D eigenvalue weighted by molar-refractivity contribution is 0.0910. The molecular weight excluding hydrogens is 382 g/mol. The lowest BCUT2D eigenvalue weighted by Crippen LogP contribution is -2.38. The van der Waals surface area contributed by atoms with Crippen molar-refractivity contribution in [1.82, 2.24) is 24.9 Å². The molecule has 4 rings (SSSR count). The fraction of sp³-hybridized carbons (Fsp3) is 0.409. The van der Waals surface area contributed by atoms with Crippen LogP contribution in [0, 0.1) is 11.3 Å². The molecule has 3 aromatic heterocycles. The van der Waals surface area contributed by atoms with Crippen molar-refractivity contribution in [2.24, 2.45) is 11.3 Å². The molecule has 1 aliphatic carbocycles. The van der Waals surface area contributed by atoms with E-state index in [1.54, 1.807) is 0 Å². The smallest absolute Gasteiger partial charge is 0.261 e. The van der Waals surface area contributed by atoms with E-state index >= 15 is 0 Å². The van der Waals surface area contributed by atoms with Gasteiger partial charge < -0.3 is 10.3 Å². The van der Waals surface area contributed by atoms with Crippen molar-refractivity contribution in [3.63, 3.8) is 0 Å². The number of nitrogens with one attached hydrogen (secondary N) is 2. The van der Waals surface area contributed by atoms with E-state index in [2.05, 4.69) is 20.5 Å². The van der Waals surface area contributed by atoms with Gasteiger partial charge in [-0.05, 0) is 36.0 Å². The number of hydrogen-bond donors (Lipinski definition) is 2. The summed E-state index contributed by atoms with van der Waals surface area (Å²) in [6.45, 7) is 7.89. The minimum Gasteiger partial charge on any atom is -0.342 e. The molecule has 1 unspecified atom stereocenters. The Kier molecular flexibility index (Phi) is 4.80. The van der Waals surface area contributed by atoms with Crippen LogP contribution >= 0.6 is 0 Å². The fourth-order valence-corrected chi connectivity index (χ4v) is 4.02. The molecule has 2 N–H and O–H groups in total. The number of hydrogen-bond acceptors (Lipinski definition) is 5. The van der Waals surface area contributed by atoms with Gasteiger partial charge in [0.1, 0.15) is 5.56 Å². The summed E-state index contributed by atoms with van der Waals surface area (Å²) < 4.78 is 1.81. The van der Waals surface area contributed by atoms with Gasteiger partial charge in [-0.2, -0.15) is 0 Å². The van der Waals surface area contributed by atoms with Crippen molar-refractivity contribution < 1.29 is 9.59 Å². The number of carbonyl (C=O) groups is 2. The summed E-state index contributed by atoms with van der Waals surface area (Å²) in [5.41, 5.74) is 0.919. The Morgan fingerprint density at radius 3 is 2.70 bits per heavy atom. The van der Waals surface area contributed by atoms with Crippen molar-refractivity contribution in [3.05, 3.63) is 63.5 Å². The maximum Gasteiger partial charge on any atom is 0.261 e. The first kappa shape index (κ1) is 20.0. The van der Waals surface area contributed by atoms with E-state index in [4.69, 9.17) is 0 Å². The van der Waals surface area contributed by atoms with Crippen LogP contribution < -0.4 is 10.9 Å². The van der Waals surface area contributed by atoms with Gasteiger partial charge in [-0.15, -0.1) is 10.2 Å². The highest BCUT2D eigenvalue weighted by molar-refractivity contribution is 6.02. The molecule has 0 fully saturated rings. The van der Waals surface area contributed by atoms with Crippen LogP contribution in [0.25, 0.3) is 5.65 Å². The zero-order chi connectivity index (χ0) is 21.6. The van der Waals surface area contributed by atoms with Gasteiger partial charge in [0.15, 0.2) is 17.3 Å². The standard InChI is InChI=1S/C22H25N5O3/c1-12(2)18(19-26-25-17-7-5-6-8-27(17)19)24-21(30)14-9-13-15(23-20(14)29)10-22(3,4)11-16(13)28/h5-9,12,18H,10-11H2,1-4H3,(H,23,29)(H,24,30). The van der Waals surface area contributed by atoms with E-state index < -0.39 is 17.5 Å². The first-order valence-electron chi connectivity index (χ1n) is 10.1. The Bertz CT molecular complexity index is 1200. The highest BCUT2D eigenvalue weighted by atomic mass is 16.2. The molecule has 8 heteroatoms. The number of nitrogens with zero attached hydrogens (tertiary/aromatic N) is 3. The number of aromatic amines is 1. The highest BCUT2D eigenvalue weighted by Crippen LogP contribution is 2.33. The Morgan fingerprint density at radius 1 is 1.20 bits per heavy atom. The van der Waals surface area contributed by atoms with Crippen LogP contribution in [0.5, 0.6) is 0 Å². The predicted molar refractivity (Wildman–Crippen MR) is 112 cm³/mol. The van der Waals surface area contributed by atoms with Crippen LogP contribution in [-0.2, 0) is 6.42 Å². The lowest BCUT2D eigenvalue weighted by Gasteiger charge is -2.29. The quantitative estimate of drug-likeness (QED) is 0.691. The molecule has 8 nitrogen and oxygen atoms in total. The van der Waals surface area contributed by atoms with Gasteiger partial charge in [0.2, 0.25) is 0 Å². The summed E-state index contributed by atoms with van der Waals surface area (Å²) in [4.78, 5) is 41.0. The number of H-pyrrole nitrogens is 1. The number of amides is 1. The van der Waals surface area contributed by atoms with Crippen molar-refractivity contribution >= 4 is 17.3 Å². The Balaban J connectivity index is 1.68. The van der Waals surface area contributed by atoms with Crippen molar-refractivity contribution in [3.8, 4) is 0 Å². The Morgan fingerprint density at radius 2 is 1.97 bits per heavy atom. The van der Waals surface area contributed by atoms with E-state index in [1.807, 2.05) is 56.5 Å². The number of Topliss-reactive ketones (excluding diaryl/α,β-unsaturated/α-hetero) is 1. The van der Waals surface area contributed by atoms with Crippen molar-refractivity contribution in [1.29, 1.82) is 0 Å². The van der Waals surface area contributed by atoms with Crippen molar-refractivity contribution in [2.75, 3.05) is 0 Å². The first-order chi connectivity index (χ1) is 14.2. The van der Waals surface area contributed by atoms with Gasteiger partial charge in [0.25, 0.3) is 11.5 Å². The maximum atomic E-state index is 13.0. The number of pyridine rings is 2. The van der Waals surface area contributed by atoms with Gasteiger partial charge in [-0.1, -0.05) is 33.8 Å². The molecule has 1 atom stereocenters. The van der Waals surface area contributed by atoms with E-state index in [0.29, 0.717) is 35.6 Å². The zero-order valence-corrected chi connectivity index (χ0v) is 17.5. The number of fused-ring (bicyclic) bond motifs is 2. The second kappa shape index (κ2) is 7.19. The third-order valence-electron chi connectivity index (χ3n) is 5.53. The fourth-order valence-electron chi connectivity index (χ4n) is 4.02. The van der Waals surface area contributed by atoms with Crippen LogP contribution in [0.3, 0.4) is 0 Å². The van der Waals surface area contributed by atoms with E-state index in [9.17, 15) is 14.4 Å². The van der Waals surface area contributed by atoms with Gasteiger partial charge in [-0.25, -0.2) is 0 Å². The maximum absolute atomic E-state index is 13.0. The number of rotatable bonds is 4. The molecule has 0 aromatic carbocycles. The second-order valence-corrected chi connectivity index (χ2v) is 9.03. The minimum atomic E-state index is -0.539. The molecule has 0 spiro atoms. The molecule has 1 aliphatic rings. The predicted octanol–water partition coefficient (Wildman–Crippen LogP) is 2.70. The van der Waals surface area contributed by atoms with Gasteiger partial charge in [0, 0.05) is 23.9 Å². The number of aromatic nitrogens is 4. The van der Waals surface area contributed by atoms with Crippen LogP contribution in [0.1, 0.15) is 72.4 Å². The summed E-state index contributed by atoms with van der Waals surface area (Å²) in [5.74, 6) is -0.0136. The Hall–Kier alpha value is -3.29. The van der Waals surface area contributed by atoms with Crippen LogP contribution in [0.15, 0.2) is 35.3 Å². The molecule has 0 radical (unpaired) electrons. The van der Waals surface area contributed by atoms with Crippen LogP contribution in [-0.4, -0.2) is 31.3 Å².